The number of carboxylic acids is 1. The van der Waals surface area contributed by atoms with E-state index in [4.69, 9.17) is 22.4 Å². The molecule has 0 aliphatic heterocycles. The molecule has 1 aromatic rings. The van der Waals surface area contributed by atoms with Crippen molar-refractivity contribution in [2.45, 2.75) is 24.8 Å². The number of carbonyl (C=O) groups excluding carboxylic acids is 1. The minimum absolute atomic E-state index is 0.153. The molecule has 9 heteroatoms. The molecule has 0 saturated carbocycles. The quantitative estimate of drug-likeness (QED) is 0.710. The van der Waals surface area contributed by atoms with Gasteiger partial charge >= 0.3 is 5.97 Å². The Hall–Kier alpha value is -1.64. The van der Waals surface area contributed by atoms with Gasteiger partial charge in [0.2, 0.25) is 15.9 Å². The van der Waals surface area contributed by atoms with Crippen LogP contribution in [0.15, 0.2) is 23.1 Å². The van der Waals surface area contributed by atoms with Gasteiger partial charge < -0.3 is 10.8 Å². The smallest absolute Gasteiger partial charge is 0.335 e. The topological polar surface area (TPSA) is 127 Å². The number of hydrogen-bond donors (Lipinski definition) is 3. The number of hydrogen-bond acceptors (Lipinski definition) is 4. The third kappa shape index (κ3) is 4.16. The number of primary amides is 1. The van der Waals surface area contributed by atoms with Gasteiger partial charge in [0.05, 0.1) is 10.6 Å². The Kier molecular flexibility index (Phi) is 5.32. The molecule has 0 heterocycles. The molecule has 7 nitrogen and oxygen atoms in total. The molecule has 0 saturated heterocycles. The van der Waals surface area contributed by atoms with Crippen LogP contribution in [0.4, 0.5) is 0 Å². The van der Waals surface area contributed by atoms with Gasteiger partial charge in [0.1, 0.15) is 10.9 Å². The lowest BCUT2D eigenvalue weighted by Crippen LogP contribution is -2.47. The van der Waals surface area contributed by atoms with E-state index < -0.39 is 32.8 Å². The summed E-state index contributed by atoms with van der Waals surface area (Å²) in [6.45, 7) is 3.24. The standard InChI is InChI=1S/C12H15ClN2O5S/c1-6(2)10(11(14)16)15-21(19,20)9-5-7(12(17)18)3-4-8(9)13/h3-6,10,15H,1-2H3,(H2,14,16)(H,17,18). The second-order valence-corrected chi connectivity index (χ2v) is 6.79. The van der Waals surface area contributed by atoms with Gasteiger partial charge in [-0.3, -0.25) is 4.79 Å². The average Bonchev–Trinajstić information content (AvgIpc) is 2.35. The summed E-state index contributed by atoms with van der Waals surface area (Å²) in [6.07, 6.45) is 0. The maximum absolute atomic E-state index is 12.3. The van der Waals surface area contributed by atoms with Gasteiger partial charge in [-0.05, 0) is 24.1 Å². The molecular weight excluding hydrogens is 320 g/mol. The predicted molar refractivity (Wildman–Crippen MR) is 76.6 cm³/mol. The highest BCUT2D eigenvalue weighted by molar-refractivity contribution is 7.89. The maximum atomic E-state index is 12.3. The van der Waals surface area contributed by atoms with Gasteiger partial charge in [0, 0.05) is 0 Å². The molecule has 1 aromatic carbocycles. The van der Waals surface area contributed by atoms with E-state index >= 15 is 0 Å². The summed E-state index contributed by atoms with van der Waals surface area (Å²) in [5, 5.41) is 8.74. The number of halogens is 1. The van der Waals surface area contributed by atoms with Crippen LogP contribution in [0.1, 0.15) is 24.2 Å². The Morgan fingerprint density at radius 2 is 1.90 bits per heavy atom. The number of sulfonamides is 1. The summed E-state index contributed by atoms with van der Waals surface area (Å²) in [4.78, 5) is 21.8. The largest absolute Gasteiger partial charge is 0.478 e. The Bertz CT molecular complexity index is 672. The predicted octanol–water partition coefficient (Wildman–Crippen LogP) is 0.826. The molecule has 1 atom stereocenters. The van der Waals surface area contributed by atoms with Crippen molar-refractivity contribution in [2.24, 2.45) is 11.7 Å². The number of aromatic carboxylic acids is 1. The monoisotopic (exact) mass is 334 g/mol. The lowest BCUT2D eigenvalue weighted by atomic mass is 10.1. The number of amides is 1. The van der Waals surface area contributed by atoms with Crippen molar-refractivity contribution >= 4 is 33.5 Å². The molecule has 0 fully saturated rings. The van der Waals surface area contributed by atoms with E-state index in [0.29, 0.717) is 0 Å². The number of carbonyl (C=O) groups is 2. The van der Waals surface area contributed by atoms with Crippen molar-refractivity contribution in [2.75, 3.05) is 0 Å². The highest BCUT2D eigenvalue weighted by atomic mass is 35.5. The molecule has 0 aliphatic carbocycles. The van der Waals surface area contributed by atoms with Crippen LogP contribution in [-0.4, -0.2) is 31.4 Å². The zero-order valence-electron chi connectivity index (χ0n) is 11.3. The fourth-order valence-corrected chi connectivity index (χ4v) is 3.47. The van der Waals surface area contributed by atoms with Crippen LogP contribution >= 0.6 is 11.6 Å². The Balaban J connectivity index is 3.27. The van der Waals surface area contributed by atoms with Crippen molar-refractivity contribution in [1.29, 1.82) is 0 Å². The van der Waals surface area contributed by atoms with Crippen molar-refractivity contribution in [3.63, 3.8) is 0 Å². The Labute approximate surface area is 127 Å². The number of benzene rings is 1. The molecule has 1 amide bonds. The van der Waals surface area contributed by atoms with Crippen LogP contribution in [0.5, 0.6) is 0 Å². The second-order valence-electron chi connectivity index (χ2n) is 4.70. The lowest BCUT2D eigenvalue weighted by molar-refractivity contribution is -0.120. The first-order valence-corrected chi connectivity index (χ1v) is 7.77. The molecule has 0 aliphatic rings. The van der Waals surface area contributed by atoms with Crippen LogP contribution < -0.4 is 10.5 Å². The van der Waals surface area contributed by atoms with Gasteiger partial charge in [-0.25, -0.2) is 13.2 Å². The number of rotatable bonds is 6. The fraction of sp³-hybridized carbons (Fsp3) is 0.333. The van der Waals surface area contributed by atoms with Crippen molar-refractivity contribution in [3.05, 3.63) is 28.8 Å². The SMILES string of the molecule is CC(C)C(NS(=O)(=O)c1cc(C(=O)O)ccc1Cl)C(N)=O. The van der Waals surface area contributed by atoms with Crippen molar-refractivity contribution in [1.82, 2.24) is 4.72 Å². The maximum Gasteiger partial charge on any atom is 0.335 e. The highest BCUT2D eigenvalue weighted by Gasteiger charge is 2.28. The first-order chi connectivity index (χ1) is 9.56. The van der Waals surface area contributed by atoms with E-state index in [0.717, 1.165) is 12.1 Å². The molecule has 0 spiro atoms. The van der Waals surface area contributed by atoms with E-state index in [9.17, 15) is 18.0 Å². The average molecular weight is 335 g/mol. The Morgan fingerprint density at radius 3 is 2.33 bits per heavy atom. The van der Waals surface area contributed by atoms with E-state index in [-0.39, 0.29) is 16.5 Å². The molecular formula is C12H15ClN2O5S. The third-order valence-corrected chi connectivity index (χ3v) is 4.65. The van der Waals surface area contributed by atoms with Gasteiger partial charge in [-0.15, -0.1) is 0 Å². The summed E-state index contributed by atoms with van der Waals surface area (Å²) in [5.74, 6) is -2.50. The number of nitrogens with two attached hydrogens (primary N) is 1. The molecule has 116 valence electrons. The molecule has 4 N–H and O–H groups in total. The second kappa shape index (κ2) is 6.42. The lowest BCUT2D eigenvalue weighted by Gasteiger charge is -2.19. The molecule has 21 heavy (non-hydrogen) atoms. The van der Waals surface area contributed by atoms with Crippen LogP contribution in [0, 0.1) is 5.92 Å². The molecule has 0 aromatic heterocycles. The Morgan fingerprint density at radius 1 is 1.33 bits per heavy atom. The summed E-state index contributed by atoms with van der Waals surface area (Å²) >= 11 is 5.80. The van der Waals surface area contributed by atoms with Crippen LogP contribution in [0.2, 0.25) is 5.02 Å². The highest BCUT2D eigenvalue weighted by Crippen LogP contribution is 2.23. The zero-order chi connectivity index (χ0) is 16.4. The van der Waals surface area contributed by atoms with Crippen molar-refractivity contribution < 1.29 is 23.1 Å². The van der Waals surface area contributed by atoms with E-state index in [1.54, 1.807) is 13.8 Å². The zero-order valence-corrected chi connectivity index (χ0v) is 12.9. The van der Waals surface area contributed by atoms with Crippen LogP contribution in [0.25, 0.3) is 0 Å². The van der Waals surface area contributed by atoms with Gasteiger partial charge in [0.15, 0.2) is 0 Å². The molecule has 0 bridgehead atoms. The summed E-state index contributed by atoms with van der Waals surface area (Å²) in [5.41, 5.74) is 4.91. The van der Waals surface area contributed by atoms with Gasteiger partial charge in [-0.2, -0.15) is 4.72 Å². The number of carboxylic acid groups (broad SMARTS) is 1. The van der Waals surface area contributed by atoms with Gasteiger partial charge in [-0.1, -0.05) is 25.4 Å². The normalized spacial score (nSPS) is 13.1. The van der Waals surface area contributed by atoms with E-state index in [1.165, 1.54) is 6.07 Å². The number of nitrogens with one attached hydrogen (secondary N) is 1. The fourth-order valence-electron chi connectivity index (χ4n) is 1.60. The summed E-state index contributed by atoms with van der Waals surface area (Å²) in [6, 6.07) is 2.14. The van der Waals surface area contributed by atoms with Gasteiger partial charge in [0.25, 0.3) is 0 Å². The third-order valence-electron chi connectivity index (χ3n) is 2.72. The molecule has 0 radical (unpaired) electrons. The van der Waals surface area contributed by atoms with Crippen molar-refractivity contribution in [3.8, 4) is 0 Å². The minimum atomic E-state index is -4.18. The molecule has 1 unspecified atom stereocenters. The molecule has 1 rings (SSSR count). The van der Waals surface area contributed by atoms with E-state index in [2.05, 4.69) is 4.72 Å². The van der Waals surface area contributed by atoms with Crippen LogP contribution in [0.3, 0.4) is 0 Å². The first kappa shape index (κ1) is 17.4. The van der Waals surface area contributed by atoms with Crippen LogP contribution in [-0.2, 0) is 14.8 Å². The summed E-state index contributed by atoms with van der Waals surface area (Å²) in [7, 11) is -4.18. The first-order valence-electron chi connectivity index (χ1n) is 5.90. The minimum Gasteiger partial charge on any atom is -0.478 e. The van der Waals surface area contributed by atoms with E-state index in [1.807, 2.05) is 0 Å². The summed E-state index contributed by atoms with van der Waals surface area (Å²) < 4.78 is 26.6.